The van der Waals surface area contributed by atoms with Crippen molar-refractivity contribution in [2.45, 2.75) is 25.9 Å². The summed E-state index contributed by atoms with van der Waals surface area (Å²) in [6, 6.07) is 4.41. The van der Waals surface area contributed by atoms with Crippen molar-refractivity contribution in [3.05, 3.63) is 35.1 Å². The predicted octanol–water partition coefficient (Wildman–Crippen LogP) is 2.99. The van der Waals surface area contributed by atoms with Gasteiger partial charge in [-0.25, -0.2) is 8.78 Å². The molecule has 0 aliphatic heterocycles. The van der Waals surface area contributed by atoms with Crippen LogP contribution in [0.4, 0.5) is 8.78 Å². The van der Waals surface area contributed by atoms with Crippen LogP contribution in [0.25, 0.3) is 0 Å². The SMILES string of the molecule is CC(F)c1c(F)cccc1CCC=O. The third kappa shape index (κ3) is 2.37. The Morgan fingerprint density at radius 1 is 1.50 bits per heavy atom. The fourth-order valence-corrected chi connectivity index (χ4v) is 1.46. The van der Waals surface area contributed by atoms with E-state index >= 15 is 0 Å². The highest BCUT2D eigenvalue weighted by Crippen LogP contribution is 2.24. The molecule has 0 aliphatic rings. The van der Waals surface area contributed by atoms with Gasteiger partial charge in [-0.05, 0) is 25.0 Å². The molecule has 0 N–H and O–H groups in total. The van der Waals surface area contributed by atoms with Crippen LogP contribution in [-0.2, 0) is 11.2 Å². The molecule has 1 nitrogen and oxygen atoms in total. The zero-order chi connectivity index (χ0) is 10.6. The molecule has 0 saturated heterocycles. The maximum Gasteiger partial charge on any atom is 0.129 e. The van der Waals surface area contributed by atoms with Gasteiger partial charge in [0.15, 0.2) is 0 Å². The van der Waals surface area contributed by atoms with Crippen molar-refractivity contribution in [2.24, 2.45) is 0 Å². The molecule has 0 saturated carbocycles. The van der Waals surface area contributed by atoms with Gasteiger partial charge in [0.25, 0.3) is 0 Å². The smallest absolute Gasteiger partial charge is 0.129 e. The van der Waals surface area contributed by atoms with Crippen LogP contribution in [0, 0.1) is 5.82 Å². The molecule has 0 aromatic heterocycles. The minimum Gasteiger partial charge on any atom is -0.303 e. The summed E-state index contributed by atoms with van der Waals surface area (Å²) in [5.74, 6) is -0.539. The molecule has 3 heteroatoms. The van der Waals surface area contributed by atoms with E-state index in [1.165, 1.54) is 19.1 Å². The lowest BCUT2D eigenvalue weighted by Gasteiger charge is -2.10. The summed E-state index contributed by atoms with van der Waals surface area (Å²) < 4.78 is 26.3. The van der Waals surface area contributed by atoms with Gasteiger partial charge in [0.1, 0.15) is 18.3 Å². The number of alkyl halides is 1. The summed E-state index contributed by atoms with van der Waals surface area (Å²) in [7, 11) is 0. The molecule has 1 aromatic rings. The van der Waals surface area contributed by atoms with Crippen LogP contribution >= 0.6 is 0 Å². The summed E-state index contributed by atoms with van der Waals surface area (Å²) in [6.07, 6.45) is 0.101. The fraction of sp³-hybridized carbons (Fsp3) is 0.364. The van der Waals surface area contributed by atoms with E-state index in [2.05, 4.69) is 0 Å². The zero-order valence-corrected chi connectivity index (χ0v) is 7.97. The summed E-state index contributed by atoms with van der Waals surface area (Å²) in [5, 5.41) is 0. The highest BCUT2D eigenvalue weighted by Gasteiger charge is 2.13. The molecule has 0 heterocycles. The van der Waals surface area contributed by atoms with Crippen molar-refractivity contribution in [1.29, 1.82) is 0 Å². The van der Waals surface area contributed by atoms with Gasteiger partial charge in [-0.1, -0.05) is 12.1 Å². The number of rotatable bonds is 4. The Labute approximate surface area is 81.7 Å². The van der Waals surface area contributed by atoms with E-state index in [0.717, 1.165) is 6.29 Å². The molecular formula is C11H12F2O. The average Bonchev–Trinajstić information content (AvgIpc) is 2.14. The Morgan fingerprint density at radius 2 is 2.21 bits per heavy atom. The lowest BCUT2D eigenvalue weighted by Crippen LogP contribution is -1.99. The molecule has 0 aliphatic carbocycles. The Kier molecular flexibility index (Phi) is 3.74. The number of hydrogen-bond acceptors (Lipinski definition) is 1. The number of aldehydes is 1. The van der Waals surface area contributed by atoms with Crippen molar-refractivity contribution in [2.75, 3.05) is 0 Å². The number of benzene rings is 1. The summed E-state index contributed by atoms with van der Waals surface area (Å²) in [4.78, 5) is 10.2. The van der Waals surface area contributed by atoms with Crippen LogP contribution in [0.15, 0.2) is 18.2 Å². The second-order valence-electron chi connectivity index (χ2n) is 3.13. The third-order valence-corrected chi connectivity index (χ3v) is 2.07. The molecule has 0 bridgehead atoms. The van der Waals surface area contributed by atoms with Crippen molar-refractivity contribution in [3.8, 4) is 0 Å². The number of halogens is 2. The van der Waals surface area contributed by atoms with E-state index in [1.54, 1.807) is 6.07 Å². The molecule has 0 amide bonds. The quantitative estimate of drug-likeness (QED) is 0.680. The first-order valence-electron chi connectivity index (χ1n) is 4.51. The molecule has 1 atom stereocenters. The normalized spacial score (nSPS) is 12.5. The van der Waals surface area contributed by atoms with Gasteiger partial charge in [0.2, 0.25) is 0 Å². The maximum atomic E-state index is 13.2. The van der Waals surface area contributed by atoms with Crippen molar-refractivity contribution >= 4 is 6.29 Å². The van der Waals surface area contributed by atoms with Crippen LogP contribution in [-0.4, -0.2) is 6.29 Å². The lowest BCUT2D eigenvalue weighted by atomic mass is 10.00. The summed E-state index contributed by atoms with van der Waals surface area (Å²) >= 11 is 0. The molecule has 0 radical (unpaired) electrons. The first-order valence-corrected chi connectivity index (χ1v) is 4.51. The zero-order valence-electron chi connectivity index (χ0n) is 7.97. The monoisotopic (exact) mass is 198 g/mol. The number of carbonyl (C=O) groups excluding carboxylic acids is 1. The largest absolute Gasteiger partial charge is 0.303 e. The second kappa shape index (κ2) is 4.84. The second-order valence-corrected chi connectivity index (χ2v) is 3.13. The highest BCUT2D eigenvalue weighted by atomic mass is 19.1. The van der Waals surface area contributed by atoms with Gasteiger partial charge in [-0.3, -0.25) is 0 Å². The minimum absolute atomic E-state index is 0.0781. The van der Waals surface area contributed by atoms with Gasteiger partial charge in [-0.2, -0.15) is 0 Å². The van der Waals surface area contributed by atoms with Crippen molar-refractivity contribution in [1.82, 2.24) is 0 Å². The fourth-order valence-electron chi connectivity index (χ4n) is 1.46. The van der Waals surface area contributed by atoms with Crippen LogP contribution in [0.5, 0.6) is 0 Å². The average molecular weight is 198 g/mol. The Hall–Kier alpha value is -1.25. The molecule has 76 valence electrons. The standard InChI is InChI=1S/C11H12F2O/c1-8(12)11-9(5-3-7-14)4-2-6-10(11)13/h2,4,6-8H,3,5H2,1H3. The van der Waals surface area contributed by atoms with E-state index in [0.29, 0.717) is 18.4 Å². The first-order chi connectivity index (χ1) is 6.66. The van der Waals surface area contributed by atoms with Crippen LogP contribution in [0.1, 0.15) is 30.6 Å². The number of carbonyl (C=O) groups is 1. The molecule has 1 unspecified atom stereocenters. The third-order valence-electron chi connectivity index (χ3n) is 2.07. The highest BCUT2D eigenvalue weighted by molar-refractivity contribution is 5.50. The first kappa shape index (κ1) is 10.8. The van der Waals surface area contributed by atoms with Crippen LogP contribution < -0.4 is 0 Å². The van der Waals surface area contributed by atoms with Crippen molar-refractivity contribution in [3.63, 3.8) is 0 Å². The Morgan fingerprint density at radius 3 is 2.79 bits per heavy atom. The van der Waals surface area contributed by atoms with E-state index in [1.807, 2.05) is 0 Å². The summed E-state index contributed by atoms with van der Waals surface area (Å²) in [5.41, 5.74) is 0.654. The number of aryl methyl sites for hydroxylation is 1. The molecular weight excluding hydrogens is 186 g/mol. The van der Waals surface area contributed by atoms with Gasteiger partial charge >= 0.3 is 0 Å². The van der Waals surface area contributed by atoms with E-state index in [9.17, 15) is 13.6 Å². The van der Waals surface area contributed by atoms with Gasteiger partial charge in [0, 0.05) is 12.0 Å². The van der Waals surface area contributed by atoms with E-state index < -0.39 is 12.0 Å². The molecule has 0 fully saturated rings. The summed E-state index contributed by atoms with van der Waals surface area (Å²) in [6.45, 7) is 1.29. The molecule has 14 heavy (non-hydrogen) atoms. The molecule has 0 spiro atoms. The molecule has 1 rings (SSSR count). The minimum atomic E-state index is -1.34. The Balaban J connectivity index is 3.01. The number of hydrogen-bond donors (Lipinski definition) is 0. The van der Waals surface area contributed by atoms with Gasteiger partial charge < -0.3 is 4.79 Å². The van der Waals surface area contributed by atoms with Crippen LogP contribution in [0.2, 0.25) is 0 Å². The van der Waals surface area contributed by atoms with Gasteiger partial charge in [-0.15, -0.1) is 0 Å². The van der Waals surface area contributed by atoms with Gasteiger partial charge in [0.05, 0.1) is 0 Å². The topological polar surface area (TPSA) is 17.1 Å². The lowest BCUT2D eigenvalue weighted by molar-refractivity contribution is -0.107. The predicted molar refractivity (Wildman–Crippen MR) is 50.3 cm³/mol. The molecule has 1 aromatic carbocycles. The maximum absolute atomic E-state index is 13.2. The van der Waals surface area contributed by atoms with Crippen LogP contribution in [0.3, 0.4) is 0 Å². The van der Waals surface area contributed by atoms with E-state index in [4.69, 9.17) is 0 Å². The van der Waals surface area contributed by atoms with Crippen molar-refractivity contribution < 1.29 is 13.6 Å². The van der Waals surface area contributed by atoms with E-state index in [-0.39, 0.29) is 5.56 Å². The Bertz CT molecular complexity index is 321.